The van der Waals surface area contributed by atoms with Crippen LogP contribution in [0.1, 0.15) is 16.8 Å². The van der Waals surface area contributed by atoms with Crippen molar-refractivity contribution in [3.8, 4) is 5.88 Å². The number of aromatic nitrogens is 1. The van der Waals surface area contributed by atoms with Crippen LogP contribution in [-0.2, 0) is 18.0 Å². The molecule has 22 heavy (non-hydrogen) atoms. The summed E-state index contributed by atoms with van der Waals surface area (Å²) in [7, 11) is 1.49. The SMILES string of the molecule is COCc1c(C)nc(OCc2ccccc2)c([N+](=O)[O-])c1Cl. The minimum Gasteiger partial charge on any atom is -0.468 e. The molecule has 0 fully saturated rings. The van der Waals surface area contributed by atoms with Crippen molar-refractivity contribution in [3.05, 3.63) is 62.3 Å². The summed E-state index contributed by atoms with van der Waals surface area (Å²) in [5.41, 5.74) is 1.58. The van der Waals surface area contributed by atoms with Gasteiger partial charge in [-0.2, -0.15) is 0 Å². The number of nitro groups is 1. The summed E-state index contributed by atoms with van der Waals surface area (Å²) in [4.78, 5) is 14.9. The van der Waals surface area contributed by atoms with Gasteiger partial charge < -0.3 is 9.47 Å². The van der Waals surface area contributed by atoms with Crippen LogP contribution in [-0.4, -0.2) is 17.0 Å². The molecule has 7 heteroatoms. The van der Waals surface area contributed by atoms with E-state index in [0.717, 1.165) is 5.56 Å². The predicted molar refractivity (Wildman–Crippen MR) is 82.1 cm³/mol. The number of benzene rings is 1. The van der Waals surface area contributed by atoms with Crippen LogP contribution in [0.3, 0.4) is 0 Å². The molecule has 0 atom stereocenters. The zero-order chi connectivity index (χ0) is 16.1. The van der Waals surface area contributed by atoms with Crippen molar-refractivity contribution in [2.75, 3.05) is 7.11 Å². The van der Waals surface area contributed by atoms with Crippen molar-refractivity contribution in [2.45, 2.75) is 20.1 Å². The second-order valence-electron chi connectivity index (χ2n) is 4.61. The van der Waals surface area contributed by atoms with Gasteiger partial charge in [-0.1, -0.05) is 41.9 Å². The van der Waals surface area contributed by atoms with Gasteiger partial charge in [0, 0.05) is 18.4 Å². The van der Waals surface area contributed by atoms with E-state index in [9.17, 15) is 10.1 Å². The number of ether oxygens (including phenoxy) is 2. The van der Waals surface area contributed by atoms with Crippen LogP contribution in [0.25, 0.3) is 0 Å². The number of pyridine rings is 1. The Morgan fingerprint density at radius 1 is 1.27 bits per heavy atom. The molecule has 0 unspecified atom stereocenters. The monoisotopic (exact) mass is 322 g/mol. The summed E-state index contributed by atoms with van der Waals surface area (Å²) < 4.78 is 10.5. The number of halogens is 1. The van der Waals surface area contributed by atoms with Crippen molar-refractivity contribution in [1.82, 2.24) is 4.98 Å². The van der Waals surface area contributed by atoms with Crippen LogP contribution in [0.4, 0.5) is 5.69 Å². The van der Waals surface area contributed by atoms with Crippen molar-refractivity contribution >= 4 is 17.3 Å². The molecule has 6 nitrogen and oxygen atoms in total. The smallest absolute Gasteiger partial charge is 0.349 e. The standard InChI is InChI=1S/C15H15ClN2O4/c1-10-12(9-21-2)13(16)14(18(19)20)15(17-10)22-8-11-6-4-3-5-7-11/h3-7H,8-9H2,1-2H3. The van der Waals surface area contributed by atoms with Gasteiger partial charge in [-0.3, -0.25) is 10.1 Å². The third kappa shape index (κ3) is 3.52. The minimum absolute atomic E-state index is 0.00223. The second-order valence-corrected chi connectivity index (χ2v) is 4.99. The highest BCUT2D eigenvalue weighted by molar-refractivity contribution is 6.33. The van der Waals surface area contributed by atoms with Crippen molar-refractivity contribution < 1.29 is 14.4 Å². The molecule has 0 aliphatic rings. The van der Waals surface area contributed by atoms with Gasteiger partial charge in [0.25, 0.3) is 5.88 Å². The topological polar surface area (TPSA) is 74.5 Å². The highest BCUT2D eigenvalue weighted by Crippen LogP contribution is 2.37. The Labute approximate surface area is 132 Å². The molecule has 0 saturated carbocycles. The lowest BCUT2D eigenvalue weighted by Crippen LogP contribution is -2.06. The zero-order valence-electron chi connectivity index (χ0n) is 12.2. The van der Waals surface area contributed by atoms with E-state index in [2.05, 4.69) is 4.98 Å². The van der Waals surface area contributed by atoms with Gasteiger partial charge in [0.1, 0.15) is 11.6 Å². The molecule has 1 heterocycles. The molecular weight excluding hydrogens is 308 g/mol. The van der Waals surface area contributed by atoms with E-state index >= 15 is 0 Å². The molecule has 1 aromatic carbocycles. The van der Waals surface area contributed by atoms with Gasteiger partial charge in [-0.25, -0.2) is 4.98 Å². The molecule has 2 rings (SSSR count). The molecule has 0 bridgehead atoms. The van der Waals surface area contributed by atoms with Crippen LogP contribution >= 0.6 is 11.6 Å². The molecule has 0 radical (unpaired) electrons. The lowest BCUT2D eigenvalue weighted by molar-refractivity contribution is -0.386. The highest BCUT2D eigenvalue weighted by Gasteiger charge is 2.27. The van der Waals surface area contributed by atoms with Crippen LogP contribution in [0, 0.1) is 17.0 Å². The largest absolute Gasteiger partial charge is 0.468 e. The van der Waals surface area contributed by atoms with E-state index in [1.807, 2.05) is 30.3 Å². The number of methoxy groups -OCH3 is 1. The first-order chi connectivity index (χ1) is 10.5. The number of hydrogen-bond acceptors (Lipinski definition) is 5. The van der Waals surface area contributed by atoms with Crippen LogP contribution in [0.15, 0.2) is 30.3 Å². The molecule has 0 saturated heterocycles. The van der Waals surface area contributed by atoms with Gasteiger partial charge in [-0.15, -0.1) is 0 Å². The third-order valence-electron chi connectivity index (χ3n) is 3.07. The summed E-state index contributed by atoms with van der Waals surface area (Å²) in [6.45, 7) is 2.03. The van der Waals surface area contributed by atoms with Crippen molar-refractivity contribution in [1.29, 1.82) is 0 Å². The van der Waals surface area contributed by atoms with Gasteiger partial charge in [-0.05, 0) is 12.5 Å². The molecule has 0 amide bonds. The Morgan fingerprint density at radius 3 is 2.55 bits per heavy atom. The quantitative estimate of drug-likeness (QED) is 0.599. The molecule has 116 valence electrons. The second kappa shape index (κ2) is 7.20. The molecule has 2 aromatic rings. The Hall–Kier alpha value is -2.18. The van der Waals surface area contributed by atoms with Crippen LogP contribution < -0.4 is 4.74 Å². The lowest BCUT2D eigenvalue weighted by Gasteiger charge is -2.12. The molecule has 1 aromatic heterocycles. The van der Waals surface area contributed by atoms with Crippen LogP contribution in [0.5, 0.6) is 5.88 Å². The summed E-state index contributed by atoms with van der Waals surface area (Å²) in [5.74, 6) is -0.0868. The minimum atomic E-state index is -0.589. The Kier molecular flexibility index (Phi) is 5.30. The summed E-state index contributed by atoms with van der Waals surface area (Å²) in [5, 5.41) is 11.3. The molecule has 0 aliphatic carbocycles. The first kappa shape index (κ1) is 16.2. The number of rotatable bonds is 6. The van der Waals surface area contributed by atoms with Gasteiger partial charge in [0.2, 0.25) is 0 Å². The lowest BCUT2D eigenvalue weighted by atomic mass is 10.2. The van der Waals surface area contributed by atoms with E-state index in [1.165, 1.54) is 7.11 Å². The predicted octanol–water partition coefficient (Wildman–Crippen LogP) is 3.68. The highest BCUT2D eigenvalue weighted by atomic mass is 35.5. The maximum Gasteiger partial charge on any atom is 0.349 e. The van der Waals surface area contributed by atoms with Crippen LogP contribution in [0.2, 0.25) is 5.02 Å². The van der Waals surface area contributed by atoms with Crippen molar-refractivity contribution in [3.63, 3.8) is 0 Å². The Balaban J connectivity index is 2.36. The normalized spacial score (nSPS) is 10.5. The molecular formula is C15H15ClN2O4. The number of nitrogens with zero attached hydrogens (tertiary/aromatic N) is 2. The average molecular weight is 323 g/mol. The first-order valence-corrected chi connectivity index (χ1v) is 6.91. The van der Waals surface area contributed by atoms with E-state index in [1.54, 1.807) is 6.92 Å². The maximum atomic E-state index is 11.3. The van der Waals surface area contributed by atoms with Gasteiger partial charge in [0.05, 0.1) is 11.5 Å². The van der Waals surface area contributed by atoms with E-state index in [4.69, 9.17) is 21.1 Å². The number of hydrogen-bond donors (Lipinski definition) is 0. The van der Waals surface area contributed by atoms with E-state index in [0.29, 0.717) is 11.3 Å². The summed E-state index contributed by atoms with van der Waals surface area (Å²) in [6.07, 6.45) is 0. The summed E-state index contributed by atoms with van der Waals surface area (Å²) in [6, 6.07) is 9.32. The molecule has 0 N–H and O–H groups in total. The van der Waals surface area contributed by atoms with Gasteiger partial charge >= 0.3 is 5.69 Å². The molecule has 0 spiro atoms. The fourth-order valence-electron chi connectivity index (χ4n) is 1.97. The fourth-order valence-corrected chi connectivity index (χ4v) is 2.31. The summed E-state index contributed by atoms with van der Waals surface area (Å²) >= 11 is 6.13. The van der Waals surface area contributed by atoms with Gasteiger partial charge in [0.15, 0.2) is 0 Å². The van der Waals surface area contributed by atoms with E-state index in [-0.39, 0.29) is 29.8 Å². The fraction of sp³-hybridized carbons (Fsp3) is 0.267. The Bertz CT molecular complexity index is 677. The first-order valence-electron chi connectivity index (χ1n) is 6.53. The molecule has 0 aliphatic heterocycles. The third-order valence-corrected chi connectivity index (χ3v) is 3.48. The van der Waals surface area contributed by atoms with Crippen molar-refractivity contribution in [2.24, 2.45) is 0 Å². The maximum absolute atomic E-state index is 11.3. The Morgan fingerprint density at radius 2 is 1.95 bits per heavy atom. The average Bonchev–Trinajstić information content (AvgIpc) is 2.49. The van der Waals surface area contributed by atoms with E-state index < -0.39 is 4.92 Å². The number of aryl methyl sites for hydroxylation is 1. The zero-order valence-corrected chi connectivity index (χ0v) is 13.0.